The van der Waals surface area contributed by atoms with Gasteiger partial charge in [-0.2, -0.15) is 0 Å². The predicted molar refractivity (Wildman–Crippen MR) is 120 cm³/mol. The Kier molecular flexibility index (Phi) is 9.11. The van der Waals surface area contributed by atoms with Crippen LogP contribution in [-0.2, 0) is 11.3 Å². The second-order valence-corrected chi connectivity index (χ2v) is 7.27. The van der Waals surface area contributed by atoms with Gasteiger partial charge in [0.2, 0.25) is 0 Å². The number of anilines is 1. The molecular formula is C21H26ClN5O4. The standard InChI is InChI=1S/C21H26ClN5O4/c1-27(2)20(29)15-5-3-14(4-6-15)13-18(19(23)26-31-12-11-28)25-21(30)24-17-9-7-16(22)8-10-17/h3-10,18,28H,11-13H2,1-2H3,(H2,23,26)(H2,24,25,30)/t18-/m0/s1. The molecule has 0 fully saturated rings. The van der Waals surface area contributed by atoms with E-state index in [1.165, 1.54) is 4.90 Å². The topological polar surface area (TPSA) is 129 Å². The van der Waals surface area contributed by atoms with E-state index in [-0.39, 0.29) is 25.0 Å². The minimum Gasteiger partial charge on any atom is -0.393 e. The van der Waals surface area contributed by atoms with E-state index in [4.69, 9.17) is 27.3 Å². The molecular weight excluding hydrogens is 422 g/mol. The van der Waals surface area contributed by atoms with E-state index in [1.807, 2.05) is 0 Å². The Labute approximate surface area is 185 Å². The van der Waals surface area contributed by atoms with Crippen LogP contribution in [0.3, 0.4) is 0 Å². The van der Waals surface area contributed by atoms with Gasteiger partial charge >= 0.3 is 6.03 Å². The lowest BCUT2D eigenvalue weighted by Crippen LogP contribution is -2.47. The molecule has 0 aliphatic rings. The van der Waals surface area contributed by atoms with E-state index in [1.54, 1.807) is 62.6 Å². The molecule has 0 aliphatic carbocycles. The summed E-state index contributed by atoms with van der Waals surface area (Å²) in [4.78, 5) is 30.9. The molecule has 2 aromatic rings. The van der Waals surface area contributed by atoms with Gasteiger partial charge in [0.1, 0.15) is 6.61 Å². The molecule has 0 radical (unpaired) electrons. The lowest BCUT2D eigenvalue weighted by molar-refractivity contribution is 0.0827. The first-order chi connectivity index (χ1) is 14.8. The molecule has 0 aromatic heterocycles. The molecule has 0 aliphatic heterocycles. The monoisotopic (exact) mass is 447 g/mol. The molecule has 3 amide bonds. The molecule has 2 rings (SSSR count). The summed E-state index contributed by atoms with van der Waals surface area (Å²) in [6.07, 6.45) is 0.308. The van der Waals surface area contributed by atoms with Crippen LogP contribution in [0.1, 0.15) is 15.9 Å². The maximum Gasteiger partial charge on any atom is 0.319 e. The van der Waals surface area contributed by atoms with Gasteiger partial charge in [0, 0.05) is 36.8 Å². The first-order valence-electron chi connectivity index (χ1n) is 9.50. The third-order valence-corrected chi connectivity index (χ3v) is 4.42. The van der Waals surface area contributed by atoms with E-state index in [0.717, 1.165) is 5.56 Å². The summed E-state index contributed by atoms with van der Waals surface area (Å²) in [5.41, 5.74) is 7.94. The zero-order valence-corrected chi connectivity index (χ0v) is 18.1. The van der Waals surface area contributed by atoms with Crippen molar-refractivity contribution in [2.24, 2.45) is 10.9 Å². The Morgan fingerprint density at radius 3 is 2.39 bits per heavy atom. The van der Waals surface area contributed by atoms with Crippen molar-refractivity contribution in [3.63, 3.8) is 0 Å². The number of nitrogens with two attached hydrogens (primary N) is 1. The van der Waals surface area contributed by atoms with Crippen molar-refractivity contribution in [2.75, 3.05) is 32.6 Å². The Morgan fingerprint density at radius 1 is 1.16 bits per heavy atom. The van der Waals surface area contributed by atoms with Crippen molar-refractivity contribution in [3.05, 3.63) is 64.7 Å². The van der Waals surface area contributed by atoms with Crippen LogP contribution in [0, 0.1) is 0 Å². The van der Waals surface area contributed by atoms with Gasteiger partial charge in [-0.25, -0.2) is 4.79 Å². The highest BCUT2D eigenvalue weighted by Gasteiger charge is 2.19. The SMILES string of the molecule is CN(C)C(=O)c1ccc(C[C@H](NC(=O)Nc2ccc(Cl)cc2)/C(N)=N/OCCO)cc1. The molecule has 0 saturated carbocycles. The molecule has 10 heteroatoms. The number of nitrogens with one attached hydrogen (secondary N) is 2. The normalized spacial score (nSPS) is 12.1. The van der Waals surface area contributed by atoms with Gasteiger partial charge in [0.15, 0.2) is 5.84 Å². The van der Waals surface area contributed by atoms with Crippen LogP contribution in [0.5, 0.6) is 0 Å². The number of oxime groups is 1. The summed E-state index contributed by atoms with van der Waals surface area (Å²) in [5, 5.41) is 18.6. The maximum atomic E-state index is 12.5. The first kappa shape index (κ1) is 24.0. The number of carbonyl (C=O) groups excluding carboxylic acids is 2. The van der Waals surface area contributed by atoms with Crippen LogP contribution in [0.25, 0.3) is 0 Å². The molecule has 31 heavy (non-hydrogen) atoms. The molecule has 0 heterocycles. The van der Waals surface area contributed by atoms with Crippen LogP contribution >= 0.6 is 11.6 Å². The van der Waals surface area contributed by atoms with Crippen LogP contribution in [0.4, 0.5) is 10.5 Å². The summed E-state index contributed by atoms with van der Waals surface area (Å²) >= 11 is 5.86. The smallest absolute Gasteiger partial charge is 0.319 e. The Morgan fingerprint density at radius 2 is 1.81 bits per heavy atom. The molecule has 166 valence electrons. The summed E-state index contributed by atoms with van der Waals surface area (Å²) in [6, 6.07) is 12.4. The average molecular weight is 448 g/mol. The van der Waals surface area contributed by atoms with Crippen molar-refractivity contribution in [1.82, 2.24) is 10.2 Å². The lowest BCUT2D eigenvalue weighted by Gasteiger charge is -2.19. The van der Waals surface area contributed by atoms with Gasteiger partial charge in [0.25, 0.3) is 5.91 Å². The van der Waals surface area contributed by atoms with E-state index in [0.29, 0.717) is 22.7 Å². The lowest BCUT2D eigenvalue weighted by atomic mass is 10.0. The number of amidine groups is 1. The highest BCUT2D eigenvalue weighted by atomic mass is 35.5. The fraction of sp³-hybridized carbons (Fsp3) is 0.286. The first-order valence-corrected chi connectivity index (χ1v) is 9.87. The van der Waals surface area contributed by atoms with E-state index < -0.39 is 12.1 Å². The summed E-state index contributed by atoms with van der Waals surface area (Å²) in [5.74, 6) is -0.0739. The minimum atomic E-state index is -0.693. The number of carbonyl (C=O) groups is 2. The zero-order valence-electron chi connectivity index (χ0n) is 17.3. The third kappa shape index (κ3) is 7.80. The van der Waals surface area contributed by atoms with Gasteiger partial charge in [-0.15, -0.1) is 0 Å². The number of nitrogens with zero attached hydrogens (tertiary/aromatic N) is 2. The van der Waals surface area contributed by atoms with E-state index in [9.17, 15) is 9.59 Å². The number of aliphatic hydroxyl groups excluding tert-OH is 1. The number of benzene rings is 2. The fourth-order valence-electron chi connectivity index (χ4n) is 2.59. The fourth-order valence-corrected chi connectivity index (χ4v) is 2.72. The number of halogens is 1. The molecule has 9 nitrogen and oxygen atoms in total. The van der Waals surface area contributed by atoms with Crippen molar-refractivity contribution in [1.29, 1.82) is 0 Å². The largest absolute Gasteiger partial charge is 0.393 e. The number of amides is 3. The number of rotatable bonds is 9. The van der Waals surface area contributed by atoms with Crippen molar-refractivity contribution >= 4 is 35.1 Å². The highest BCUT2D eigenvalue weighted by Crippen LogP contribution is 2.14. The van der Waals surface area contributed by atoms with Gasteiger partial charge in [0.05, 0.1) is 12.6 Å². The molecule has 0 unspecified atom stereocenters. The third-order valence-electron chi connectivity index (χ3n) is 4.16. The van der Waals surface area contributed by atoms with E-state index in [2.05, 4.69) is 15.8 Å². The average Bonchev–Trinajstić information content (AvgIpc) is 2.75. The highest BCUT2D eigenvalue weighted by molar-refractivity contribution is 6.30. The number of aliphatic hydroxyl groups is 1. The van der Waals surface area contributed by atoms with Crippen molar-refractivity contribution < 1.29 is 19.5 Å². The Bertz CT molecular complexity index is 901. The second-order valence-electron chi connectivity index (χ2n) is 6.83. The summed E-state index contributed by atoms with van der Waals surface area (Å²) in [6.45, 7) is -0.237. The van der Waals surface area contributed by atoms with Gasteiger partial charge in [-0.05, 0) is 42.0 Å². The van der Waals surface area contributed by atoms with Crippen LogP contribution in [0.2, 0.25) is 5.02 Å². The zero-order chi connectivity index (χ0) is 22.8. The molecule has 1 atom stereocenters. The maximum absolute atomic E-state index is 12.5. The van der Waals surface area contributed by atoms with Gasteiger partial charge in [-0.1, -0.05) is 28.9 Å². The second kappa shape index (κ2) is 11.8. The minimum absolute atomic E-state index is 0.0221. The molecule has 0 spiro atoms. The summed E-state index contributed by atoms with van der Waals surface area (Å²) in [7, 11) is 3.36. The molecule has 0 bridgehead atoms. The Hall–Kier alpha value is -3.30. The molecule has 5 N–H and O–H groups in total. The molecule has 2 aromatic carbocycles. The van der Waals surface area contributed by atoms with Crippen LogP contribution in [0.15, 0.2) is 53.7 Å². The number of hydrogen-bond acceptors (Lipinski definition) is 5. The summed E-state index contributed by atoms with van der Waals surface area (Å²) < 4.78 is 0. The molecule has 0 saturated heterocycles. The quantitative estimate of drug-likeness (QED) is 0.202. The van der Waals surface area contributed by atoms with E-state index >= 15 is 0 Å². The van der Waals surface area contributed by atoms with Gasteiger partial charge in [-0.3, -0.25) is 4.79 Å². The van der Waals surface area contributed by atoms with Crippen molar-refractivity contribution in [3.8, 4) is 0 Å². The van der Waals surface area contributed by atoms with Crippen molar-refractivity contribution in [2.45, 2.75) is 12.5 Å². The number of hydrogen-bond donors (Lipinski definition) is 4. The van der Waals surface area contributed by atoms with Gasteiger partial charge < -0.3 is 31.2 Å². The van der Waals surface area contributed by atoms with Crippen LogP contribution in [-0.4, -0.2) is 61.1 Å². The Balaban J connectivity index is 2.12. The van der Waals surface area contributed by atoms with Crippen LogP contribution < -0.4 is 16.4 Å². The predicted octanol–water partition coefficient (Wildman–Crippen LogP) is 2.06. The number of urea groups is 1.